The molecule has 0 spiro atoms. The summed E-state index contributed by atoms with van der Waals surface area (Å²) in [6, 6.07) is 7.19. The second kappa shape index (κ2) is 10.2. The molecule has 0 aromatic heterocycles. The van der Waals surface area contributed by atoms with Crippen molar-refractivity contribution in [3.05, 3.63) is 29.8 Å². The van der Waals surface area contributed by atoms with Crippen LogP contribution < -0.4 is 15.4 Å². The Hall–Kier alpha value is -1.89. The van der Waals surface area contributed by atoms with Gasteiger partial charge in [0.2, 0.25) is 0 Å². The molecule has 0 radical (unpaired) electrons. The molecule has 0 bridgehead atoms. The van der Waals surface area contributed by atoms with Crippen molar-refractivity contribution in [3.63, 3.8) is 0 Å². The van der Waals surface area contributed by atoms with Crippen LogP contribution in [0.1, 0.15) is 32.3 Å². The van der Waals surface area contributed by atoms with E-state index in [0.29, 0.717) is 12.6 Å². The zero-order valence-electron chi connectivity index (χ0n) is 15.0. The molecule has 140 valence electrons. The highest BCUT2D eigenvalue weighted by Gasteiger charge is 2.22. The number of alkyl halides is 2. The number of likely N-dealkylation sites (tertiary alicyclic amines) is 1. The van der Waals surface area contributed by atoms with Crippen LogP contribution in [0.3, 0.4) is 0 Å². The summed E-state index contributed by atoms with van der Waals surface area (Å²) in [6.45, 7) is 5.64. The average Bonchev–Trinajstić information content (AvgIpc) is 3.04. The number of nitrogens with one attached hydrogen (secondary N) is 2. The minimum atomic E-state index is -2.81. The van der Waals surface area contributed by atoms with E-state index in [2.05, 4.69) is 32.2 Å². The fourth-order valence-corrected chi connectivity index (χ4v) is 3.09. The number of halogens is 2. The van der Waals surface area contributed by atoms with Crippen molar-refractivity contribution >= 4 is 5.96 Å². The van der Waals surface area contributed by atoms with Crippen LogP contribution in [0.25, 0.3) is 0 Å². The van der Waals surface area contributed by atoms with E-state index in [1.807, 2.05) is 13.0 Å². The summed E-state index contributed by atoms with van der Waals surface area (Å²) in [4.78, 5) is 7.02. The normalized spacial score (nSPS) is 18.6. The number of hydrogen-bond donors (Lipinski definition) is 2. The second-order valence-corrected chi connectivity index (χ2v) is 6.03. The fraction of sp³-hybridized carbons (Fsp3) is 0.611. The SMILES string of the molecule is CCNC(=NCc1cccc(OC(F)F)c1)NCC1CCCN1CC. The Bertz CT molecular complexity index is 554. The quantitative estimate of drug-likeness (QED) is 0.557. The van der Waals surface area contributed by atoms with E-state index < -0.39 is 6.61 Å². The van der Waals surface area contributed by atoms with Gasteiger partial charge in [-0.3, -0.25) is 4.90 Å². The van der Waals surface area contributed by atoms with Gasteiger partial charge in [-0.1, -0.05) is 19.1 Å². The largest absolute Gasteiger partial charge is 0.435 e. The van der Waals surface area contributed by atoms with Crippen molar-refractivity contribution in [2.75, 3.05) is 26.2 Å². The van der Waals surface area contributed by atoms with Crippen molar-refractivity contribution in [2.45, 2.75) is 45.9 Å². The van der Waals surface area contributed by atoms with Crippen molar-refractivity contribution in [2.24, 2.45) is 4.99 Å². The molecule has 5 nitrogen and oxygen atoms in total. The van der Waals surface area contributed by atoms with Gasteiger partial charge in [-0.25, -0.2) is 4.99 Å². The molecule has 0 amide bonds. The Morgan fingerprint density at radius 3 is 2.92 bits per heavy atom. The van der Waals surface area contributed by atoms with Crippen LogP contribution in [0.4, 0.5) is 8.78 Å². The number of guanidine groups is 1. The molecule has 2 N–H and O–H groups in total. The van der Waals surface area contributed by atoms with Crippen LogP contribution in [0.5, 0.6) is 5.75 Å². The van der Waals surface area contributed by atoms with Gasteiger partial charge < -0.3 is 15.4 Å². The second-order valence-electron chi connectivity index (χ2n) is 6.03. The van der Waals surface area contributed by atoms with Gasteiger partial charge in [-0.2, -0.15) is 8.78 Å². The van der Waals surface area contributed by atoms with E-state index in [-0.39, 0.29) is 5.75 Å². The zero-order chi connectivity index (χ0) is 18.1. The minimum Gasteiger partial charge on any atom is -0.435 e. The van der Waals surface area contributed by atoms with Crippen molar-refractivity contribution < 1.29 is 13.5 Å². The lowest BCUT2D eigenvalue weighted by Gasteiger charge is -2.24. The third kappa shape index (κ3) is 6.49. The average molecular weight is 354 g/mol. The first-order chi connectivity index (χ1) is 12.1. The lowest BCUT2D eigenvalue weighted by molar-refractivity contribution is -0.0498. The number of rotatable bonds is 8. The summed E-state index contributed by atoms with van der Waals surface area (Å²) < 4.78 is 29.0. The molecule has 1 saturated heterocycles. The molecule has 1 aromatic carbocycles. The predicted molar refractivity (Wildman–Crippen MR) is 96.2 cm³/mol. The van der Waals surface area contributed by atoms with E-state index in [9.17, 15) is 8.78 Å². The van der Waals surface area contributed by atoms with Crippen molar-refractivity contribution in [1.82, 2.24) is 15.5 Å². The summed E-state index contributed by atoms with van der Waals surface area (Å²) >= 11 is 0. The van der Waals surface area contributed by atoms with Crippen LogP contribution in [-0.4, -0.2) is 49.7 Å². The van der Waals surface area contributed by atoms with Crippen LogP contribution >= 0.6 is 0 Å². The molecule has 1 unspecified atom stereocenters. The van der Waals surface area contributed by atoms with Gasteiger partial charge in [0.25, 0.3) is 0 Å². The van der Waals surface area contributed by atoms with Gasteiger partial charge in [0.1, 0.15) is 5.75 Å². The maximum Gasteiger partial charge on any atom is 0.387 e. The Labute approximate surface area is 148 Å². The third-order valence-electron chi connectivity index (χ3n) is 4.30. The fourth-order valence-electron chi connectivity index (χ4n) is 3.09. The monoisotopic (exact) mass is 354 g/mol. The summed E-state index contributed by atoms with van der Waals surface area (Å²) in [6.07, 6.45) is 2.44. The Kier molecular flexibility index (Phi) is 7.91. The molecule has 1 aliphatic heterocycles. The molecular weight excluding hydrogens is 326 g/mol. The van der Waals surface area contributed by atoms with Gasteiger partial charge >= 0.3 is 6.61 Å². The van der Waals surface area contributed by atoms with E-state index in [0.717, 1.165) is 37.7 Å². The molecule has 7 heteroatoms. The van der Waals surface area contributed by atoms with Gasteiger partial charge in [-0.15, -0.1) is 0 Å². The number of aliphatic imine (C=N–C) groups is 1. The standard InChI is InChI=1S/C18H28F2N4O/c1-3-21-18(23-13-15-8-6-10-24(15)4-2)22-12-14-7-5-9-16(11-14)25-17(19)20/h5,7,9,11,15,17H,3-4,6,8,10,12-13H2,1-2H3,(H2,21,22,23). The van der Waals surface area contributed by atoms with E-state index in [1.54, 1.807) is 12.1 Å². The number of ether oxygens (including phenoxy) is 1. The Balaban J connectivity index is 1.92. The van der Waals surface area contributed by atoms with Crippen molar-refractivity contribution in [3.8, 4) is 5.75 Å². The molecule has 0 aliphatic carbocycles. The molecule has 25 heavy (non-hydrogen) atoms. The topological polar surface area (TPSA) is 48.9 Å². The highest BCUT2D eigenvalue weighted by atomic mass is 19.3. The molecule has 1 aromatic rings. The first-order valence-corrected chi connectivity index (χ1v) is 8.92. The molecule has 1 atom stereocenters. The lowest BCUT2D eigenvalue weighted by atomic mass is 10.2. The maximum absolute atomic E-state index is 12.3. The Morgan fingerprint density at radius 1 is 1.36 bits per heavy atom. The van der Waals surface area contributed by atoms with Gasteiger partial charge in [-0.05, 0) is 50.6 Å². The first kappa shape index (κ1) is 19.4. The highest BCUT2D eigenvalue weighted by molar-refractivity contribution is 5.79. The predicted octanol–water partition coefficient (Wildman–Crippen LogP) is 2.83. The van der Waals surface area contributed by atoms with Crippen LogP contribution in [0, 0.1) is 0 Å². The zero-order valence-corrected chi connectivity index (χ0v) is 15.0. The highest BCUT2D eigenvalue weighted by Crippen LogP contribution is 2.17. The van der Waals surface area contributed by atoms with Gasteiger partial charge in [0.05, 0.1) is 6.54 Å². The van der Waals surface area contributed by atoms with Gasteiger partial charge in [0.15, 0.2) is 5.96 Å². The van der Waals surface area contributed by atoms with E-state index >= 15 is 0 Å². The van der Waals surface area contributed by atoms with Crippen molar-refractivity contribution in [1.29, 1.82) is 0 Å². The smallest absolute Gasteiger partial charge is 0.387 e. The summed E-state index contributed by atoms with van der Waals surface area (Å²) in [5, 5.41) is 6.62. The summed E-state index contributed by atoms with van der Waals surface area (Å²) in [7, 11) is 0. The summed E-state index contributed by atoms with van der Waals surface area (Å²) in [5.74, 6) is 0.899. The van der Waals surface area contributed by atoms with Crippen LogP contribution in [-0.2, 0) is 6.54 Å². The van der Waals surface area contributed by atoms with E-state index in [1.165, 1.54) is 18.9 Å². The Morgan fingerprint density at radius 2 is 2.20 bits per heavy atom. The van der Waals surface area contributed by atoms with Gasteiger partial charge in [0, 0.05) is 19.1 Å². The maximum atomic E-state index is 12.3. The third-order valence-corrected chi connectivity index (χ3v) is 4.30. The number of likely N-dealkylation sites (N-methyl/N-ethyl adjacent to an activating group) is 1. The molecule has 1 fully saturated rings. The molecular formula is C18H28F2N4O. The number of nitrogens with zero attached hydrogens (tertiary/aromatic N) is 2. The molecule has 2 rings (SSSR count). The van der Waals surface area contributed by atoms with Crippen LogP contribution in [0.15, 0.2) is 29.3 Å². The summed E-state index contributed by atoms with van der Waals surface area (Å²) in [5.41, 5.74) is 0.825. The first-order valence-electron chi connectivity index (χ1n) is 8.92. The number of hydrogen-bond acceptors (Lipinski definition) is 3. The van der Waals surface area contributed by atoms with E-state index in [4.69, 9.17) is 0 Å². The minimum absolute atomic E-state index is 0.158. The molecule has 0 saturated carbocycles. The molecule has 1 heterocycles. The van der Waals surface area contributed by atoms with Crippen LogP contribution in [0.2, 0.25) is 0 Å². The lowest BCUT2D eigenvalue weighted by Crippen LogP contribution is -2.44. The molecule has 1 aliphatic rings. The number of benzene rings is 1.